The first-order valence-corrected chi connectivity index (χ1v) is 10.00. The van der Waals surface area contributed by atoms with Crippen LogP contribution in [0.5, 0.6) is 0 Å². The fourth-order valence-electron chi connectivity index (χ4n) is 2.96. The summed E-state index contributed by atoms with van der Waals surface area (Å²) < 4.78 is 9.93. The van der Waals surface area contributed by atoms with Crippen molar-refractivity contribution >= 4 is 29.2 Å². The van der Waals surface area contributed by atoms with Crippen LogP contribution in [0.1, 0.15) is 13.8 Å². The van der Waals surface area contributed by atoms with Gasteiger partial charge >= 0.3 is 11.9 Å². The number of carbonyl (C=O) groups excluding carboxylic acids is 2. The smallest absolute Gasteiger partial charge is 0.348 e. The molecule has 1 heterocycles. The summed E-state index contributed by atoms with van der Waals surface area (Å²) in [5, 5.41) is 9.96. The number of piperazine rings is 1. The molecule has 0 bridgehead atoms. The van der Waals surface area contributed by atoms with E-state index in [1.54, 1.807) is 19.9 Å². The molecule has 1 aromatic rings. The maximum absolute atomic E-state index is 12.5. The molecule has 9 heteroatoms. The second-order valence-corrected chi connectivity index (χ2v) is 6.80. The van der Waals surface area contributed by atoms with Crippen LogP contribution in [0.15, 0.2) is 47.3 Å². The minimum absolute atomic E-state index is 0.0404. The summed E-state index contributed by atoms with van der Waals surface area (Å²) in [6.45, 7) is 5.98. The van der Waals surface area contributed by atoms with Gasteiger partial charge in [-0.25, -0.2) is 9.59 Å². The van der Waals surface area contributed by atoms with E-state index in [0.29, 0.717) is 31.2 Å². The fourth-order valence-corrected chi connectivity index (χ4v) is 3.09. The maximum atomic E-state index is 12.5. The third-order valence-electron chi connectivity index (χ3n) is 4.49. The van der Waals surface area contributed by atoms with Crippen molar-refractivity contribution in [3.05, 3.63) is 52.3 Å². The van der Waals surface area contributed by atoms with Crippen LogP contribution in [0.2, 0.25) is 5.02 Å². The van der Waals surface area contributed by atoms with Crippen LogP contribution in [0.3, 0.4) is 0 Å². The van der Waals surface area contributed by atoms with Gasteiger partial charge in [-0.2, -0.15) is 5.26 Å². The number of anilines is 1. The van der Waals surface area contributed by atoms with Gasteiger partial charge in [-0.1, -0.05) is 11.6 Å². The van der Waals surface area contributed by atoms with Crippen molar-refractivity contribution in [1.82, 2.24) is 4.90 Å². The molecule has 1 saturated heterocycles. The lowest BCUT2D eigenvalue weighted by Gasteiger charge is -2.37. The molecule has 0 saturated carbocycles. The first-order chi connectivity index (χ1) is 14.4. The number of esters is 2. The zero-order valence-corrected chi connectivity index (χ0v) is 17.8. The highest BCUT2D eigenvalue weighted by Gasteiger charge is 2.24. The Morgan fingerprint density at radius 2 is 1.67 bits per heavy atom. The number of carbonyl (C=O) groups is 2. The number of benzene rings is 1. The molecule has 2 N–H and O–H groups in total. The summed E-state index contributed by atoms with van der Waals surface area (Å²) in [6.07, 6.45) is 1.14. The number of halogens is 1. The molecule has 1 fully saturated rings. The summed E-state index contributed by atoms with van der Waals surface area (Å²) in [6, 6.07) is 9.32. The van der Waals surface area contributed by atoms with Gasteiger partial charge in [0, 0.05) is 36.9 Å². The van der Waals surface area contributed by atoms with Crippen LogP contribution < -0.4 is 10.6 Å². The molecule has 30 heavy (non-hydrogen) atoms. The molecule has 0 radical (unpaired) electrons. The van der Waals surface area contributed by atoms with E-state index in [1.165, 1.54) is 0 Å². The highest BCUT2D eigenvalue weighted by Crippen LogP contribution is 2.21. The van der Waals surface area contributed by atoms with E-state index in [-0.39, 0.29) is 30.2 Å². The molecule has 0 amide bonds. The molecule has 1 aliphatic heterocycles. The highest BCUT2D eigenvalue weighted by molar-refractivity contribution is 6.30. The zero-order chi connectivity index (χ0) is 22.1. The summed E-state index contributed by atoms with van der Waals surface area (Å²) >= 11 is 5.95. The number of nitrogens with two attached hydrogens (primary N) is 1. The number of nitrogens with zero attached hydrogens (tertiary/aromatic N) is 3. The Hall–Kier alpha value is -3.18. The van der Waals surface area contributed by atoms with Gasteiger partial charge in [0.25, 0.3) is 0 Å². The van der Waals surface area contributed by atoms with Crippen molar-refractivity contribution in [3.63, 3.8) is 0 Å². The Morgan fingerprint density at radius 3 is 2.20 bits per heavy atom. The Bertz CT molecular complexity index is 866. The summed E-state index contributed by atoms with van der Waals surface area (Å²) in [5.41, 5.74) is 6.95. The first-order valence-electron chi connectivity index (χ1n) is 9.62. The third-order valence-corrected chi connectivity index (χ3v) is 4.74. The number of nitriles is 1. The molecule has 160 valence electrons. The standard InChI is InChI=1S/C21H25ClN4O4/c1-3-29-20(27)15(14-23)13-18(21(28)30-4-2)19(24)26-11-9-25(10-12-26)17-7-5-16(22)6-8-17/h5-8,13H,3-4,9-12,24H2,1-2H3. The van der Waals surface area contributed by atoms with Crippen LogP contribution in [-0.2, 0) is 19.1 Å². The largest absolute Gasteiger partial charge is 0.462 e. The van der Waals surface area contributed by atoms with E-state index in [9.17, 15) is 14.9 Å². The molecule has 0 unspecified atom stereocenters. The minimum atomic E-state index is -0.817. The number of ether oxygens (including phenoxy) is 2. The minimum Gasteiger partial charge on any atom is -0.462 e. The topological polar surface area (TPSA) is 109 Å². The second kappa shape index (κ2) is 11.1. The fraction of sp³-hybridized carbons (Fsp3) is 0.381. The van der Waals surface area contributed by atoms with E-state index < -0.39 is 11.9 Å². The monoisotopic (exact) mass is 432 g/mol. The average Bonchev–Trinajstić information content (AvgIpc) is 2.75. The van der Waals surface area contributed by atoms with Gasteiger partial charge in [0.2, 0.25) is 0 Å². The van der Waals surface area contributed by atoms with Gasteiger partial charge in [-0.15, -0.1) is 0 Å². The molecular weight excluding hydrogens is 408 g/mol. The molecular formula is C21H25ClN4O4. The van der Waals surface area contributed by atoms with Crippen LogP contribution in [-0.4, -0.2) is 56.2 Å². The number of hydrogen-bond donors (Lipinski definition) is 1. The van der Waals surface area contributed by atoms with Gasteiger partial charge in [-0.3, -0.25) is 0 Å². The van der Waals surface area contributed by atoms with Crippen molar-refractivity contribution in [2.75, 3.05) is 44.3 Å². The Kier molecular flexibility index (Phi) is 8.56. The molecule has 0 aromatic heterocycles. The molecule has 1 aliphatic rings. The second-order valence-electron chi connectivity index (χ2n) is 6.36. The Morgan fingerprint density at radius 1 is 1.10 bits per heavy atom. The molecule has 1 aromatic carbocycles. The predicted molar refractivity (Wildman–Crippen MR) is 113 cm³/mol. The lowest BCUT2D eigenvalue weighted by atomic mass is 10.1. The third kappa shape index (κ3) is 5.91. The lowest BCUT2D eigenvalue weighted by molar-refractivity contribution is -0.138. The molecule has 2 rings (SSSR count). The van der Waals surface area contributed by atoms with Crippen molar-refractivity contribution in [1.29, 1.82) is 5.26 Å². The SMILES string of the molecule is CCOC(=O)C(C#N)=CC(C(=O)OCC)=C(N)N1CCN(c2ccc(Cl)cc2)CC1. The number of hydrogen-bond acceptors (Lipinski definition) is 8. The van der Waals surface area contributed by atoms with Crippen LogP contribution in [0, 0.1) is 11.3 Å². The van der Waals surface area contributed by atoms with Crippen LogP contribution in [0.4, 0.5) is 5.69 Å². The average molecular weight is 433 g/mol. The van der Waals surface area contributed by atoms with Crippen LogP contribution >= 0.6 is 11.6 Å². The zero-order valence-electron chi connectivity index (χ0n) is 17.1. The van der Waals surface area contributed by atoms with Gasteiger partial charge in [-0.05, 0) is 44.2 Å². The summed E-state index contributed by atoms with van der Waals surface area (Å²) in [5.74, 6) is -1.37. The predicted octanol–water partition coefficient (Wildman–Crippen LogP) is 2.21. The Labute approximate surface area is 181 Å². The molecule has 8 nitrogen and oxygen atoms in total. The molecule has 0 atom stereocenters. The van der Waals surface area contributed by atoms with Crippen molar-refractivity contribution in [2.45, 2.75) is 13.8 Å². The van der Waals surface area contributed by atoms with Gasteiger partial charge in [0.1, 0.15) is 23.0 Å². The summed E-state index contributed by atoms with van der Waals surface area (Å²) in [4.78, 5) is 28.4. The van der Waals surface area contributed by atoms with E-state index in [2.05, 4.69) is 4.90 Å². The number of rotatable bonds is 7. The van der Waals surface area contributed by atoms with E-state index >= 15 is 0 Å². The van der Waals surface area contributed by atoms with Gasteiger partial charge in [0.15, 0.2) is 0 Å². The maximum Gasteiger partial charge on any atom is 0.348 e. The molecule has 0 aliphatic carbocycles. The molecule has 0 spiro atoms. The van der Waals surface area contributed by atoms with E-state index in [0.717, 1.165) is 11.8 Å². The van der Waals surface area contributed by atoms with E-state index in [4.69, 9.17) is 26.8 Å². The summed E-state index contributed by atoms with van der Waals surface area (Å²) in [7, 11) is 0. The quantitative estimate of drug-likeness (QED) is 0.302. The van der Waals surface area contributed by atoms with Gasteiger partial charge < -0.3 is 25.0 Å². The Balaban J connectivity index is 2.25. The van der Waals surface area contributed by atoms with Crippen molar-refractivity contribution in [2.24, 2.45) is 5.73 Å². The lowest BCUT2D eigenvalue weighted by Crippen LogP contribution is -2.48. The van der Waals surface area contributed by atoms with Gasteiger partial charge in [0.05, 0.1) is 13.2 Å². The first kappa shape index (κ1) is 23.1. The van der Waals surface area contributed by atoms with Crippen LogP contribution in [0.25, 0.3) is 0 Å². The van der Waals surface area contributed by atoms with Crippen molar-refractivity contribution in [3.8, 4) is 6.07 Å². The highest BCUT2D eigenvalue weighted by atomic mass is 35.5. The normalized spacial score (nSPS) is 15.2. The van der Waals surface area contributed by atoms with Crippen molar-refractivity contribution < 1.29 is 19.1 Å². The van der Waals surface area contributed by atoms with E-state index in [1.807, 2.05) is 29.2 Å².